The van der Waals surface area contributed by atoms with Crippen LogP contribution in [-0.2, 0) is 5.54 Å². The van der Waals surface area contributed by atoms with Crippen molar-refractivity contribution >= 4 is 5.82 Å². The molecule has 2 N–H and O–H groups in total. The molecule has 1 aromatic rings. The van der Waals surface area contributed by atoms with E-state index in [0.29, 0.717) is 11.4 Å². The molecule has 0 spiro atoms. The molecule has 0 bridgehead atoms. The largest absolute Gasteiger partial charge is 0.383 e. The number of rotatable bonds is 1. The van der Waals surface area contributed by atoms with E-state index in [-0.39, 0.29) is 11.5 Å². The van der Waals surface area contributed by atoms with Crippen LogP contribution in [0.3, 0.4) is 0 Å². The minimum atomic E-state index is -0.192. The van der Waals surface area contributed by atoms with Gasteiger partial charge in [0.1, 0.15) is 17.5 Å². The zero-order valence-electron chi connectivity index (χ0n) is 10.00. The second-order valence-electron chi connectivity index (χ2n) is 4.99. The number of hydrogen-bond donors (Lipinski definition) is 1. The summed E-state index contributed by atoms with van der Waals surface area (Å²) in [7, 11) is 0. The normalized spacial score (nSPS) is 11.8. The second kappa shape index (κ2) is 3.58. The van der Waals surface area contributed by atoms with Gasteiger partial charge in [0.15, 0.2) is 0 Å². The van der Waals surface area contributed by atoms with Crippen molar-refractivity contribution in [3.8, 4) is 6.07 Å². The minimum Gasteiger partial charge on any atom is -0.383 e. The molecule has 1 rings (SSSR count). The lowest BCUT2D eigenvalue weighted by Gasteiger charge is -2.20. The summed E-state index contributed by atoms with van der Waals surface area (Å²) in [5, 5.41) is 13.5. The van der Waals surface area contributed by atoms with E-state index in [0.717, 1.165) is 5.69 Å². The summed E-state index contributed by atoms with van der Waals surface area (Å²) in [4.78, 5) is 0. The molecule has 0 aliphatic heterocycles. The summed E-state index contributed by atoms with van der Waals surface area (Å²) in [5.74, 6) is 0.680. The average Bonchev–Trinajstić information content (AvgIpc) is 2.41. The molecule has 15 heavy (non-hydrogen) atoms. The van der Waals surface area contributed by atoms with Crippen LogP contribution in [0.1, 0.15) is 51.8 Å². The van der Waals surface area contributed by atoms with E-state index in [1.54, 1.807) is 4.68 Å². The molecule has 0 saturated carbocycles. The Hall–Kier alpha value is -1.50. The van der Waals surface area contributed by atoms with Crippen molar-refractivity contribution in [2.75, 3.05) is 5.73 Å². The van der Waals surface area contributed by atoms with Crippen molar-refractivity contribution in [2.45, 2.75) is 46.1 Å². The maximum atomic E-state index is 9.04. The predicted molar refractivity (Wildman–Crippen MR) is 60.4 cm³/mol. The van der Waals surface area contributed by atoms with Crippen molar-refractivity contribution in [1.82, 2.24) is 9.78 Å². The van der Waals surface area contributed by atoms with Gasteiger partial charge in [-0.25, -0.2) is 4.68 Å². The molecule has 0 unspecified atom stereocenters. The quantitative estimate of drug-likeness (QED) is 0.766. The Morgan fingerprint density at radius 1 is 1.40 bits per heavy atom. The summed E-state index contributed by atoms with van der Waals surface area (Å²) >= 11 is 0. The fourth-order valence-corrected chi connectivity index (χ4v) is 1.48. The summed E-state index contributed by atoms with van der Waals surface area (Å²) in [5.41, 5.74) is 7.02. The van der Waals surface area contributed by atoms with Gasteiger partial charge in [-0.2, -0.15) is 10.4 Å². The number of hydrogen-bond acceptors (Lipinski definition) is 3. The van der Waals surface area contributed by atoms with Gasteiger partial charge in [-0.15, -0.1) is 0 Å². The predicted octanol–water partition coefficient (Wildman–Crippen LogP) is 2.22. The van der Waals surface area contributed by atoms with Crippen LogP contribution >= 0.6 is 0 Å². The Balaban J connectivity index is 3.43. The van der Waals surface area contributed by atoms with Crippen LogP contribution in [0, 0.1) is 11.3 Å². The van der Waals surface area contributed by atoms with Crippen molar-refractivity contribution in [2.24, 2.45) is 0 Å². The van der Waals surface area contributed by atoms with E-state index < -0.39 is 0 Å². The number of nitrogens with two attached hydrogens (primary N) is 1. The van der Waals surface area contributed by atoms with Gasteiger partial charge < -0.3 is 5.73 Å². The molecule has 82 valence electrons. The zero-order chi connectivity index (χ0) is 11.8. The lowest BCUT2D eigenvalue weighted by atomic mass is 10.1. The third-order valence-electron chi connectivity index (χ3n) is 2.24. The lowest BCUT2D eigenvalue weighted by molar-refractivity contribution is 0.358. The van der Waals surface area contributed by atoms with E-state index in [2.05, 4.69) is 11.2 Å². The molecular formula is C11H18N4. The molecule has 0 saturated heterocycles. The maximum absolute atomic E-state index is 9.04. The molecular weight excluding hydrogens is 188 g/mol. The van der Waals surface area contributed by atoms with Gasteiger partial charge in [-0.05, 0) is 26.7 Å². The summed E-state index contributed by atoms with van der Waals surface area (Å²) < 4.78 is 1.72. The van der Waals surface area contributed by atoms with E-state index in [1.807, 2.05) is 34.6 Å². The van der Waals surface area contributed by atoms with E-state index >= 15 is 0 Å². The molecule has 0 aromatic carbocycles. The average molecular weight is 206 g/mol. The summed E-state index contributed by atoms with van der Waals surface area (Å²) in [6.07, 6.45) is 0. The van der Waals surface area contributed by atoms with E-state index in [9.17, 15) is 0 Å². The SMILES string of the molecule is CC(C)c1nn(C(C)(C)C)c(N)c1C#N. The van der Waals surface area contributed by atoms with Gasteiger partial charge >= 0.3 is 0 Å². The smallest absolute Gasteiger partial charge is 0.140 e. The van der Waals surface area contributed by atoms with Crippen LogP contribution in [0.25, 0.3) is 0 Å². The van der Waals surface area contributed by atoms with E-state index in [4.69, 9.17) is 11.0 Å². The van der Waals surface area contributed by atoms with Crippen molar-refractivity contribution in [3.05, 3.63) is 11.3 Å². The van der Waals surface area contributed by atoms with E-state index in [1.165, 1.54) is 0 Å². The maximum Gasteiger partial charge on any atom is 0.140 e. The Morgan fingerprint density at radius 2 is 1.93 bits per heavy atom. The molecule has 0 radical (unpaired) electrons. The monoisotopic (exact) mass is 206 g/mol. The first-order valence-electron chi connectivity index (χ1n) is 5.08. The topological polar surface area (TPSA) is 67.6 Å². The highest BCUT2D eigenvalue weighted by atomic mass is 15.3. The van der Waals surface area contributed by atoms with Gasteiger partial charge in [0.25, 0.3) is 0 Å². The van der Waals surface area contributed by atoms with Gasteiger partial charge in [-0.3, -0.25) is 0 Å². The standard InChI is InChI=1S/C11H18N4/c1-7(2)9-8(6-12)10(13)15(14-9)11(3,4)5/h7H,13H2,1-5H3. The molecule has 0 amide bonds. The molecule has 0 fully saturated rings. The third kappa shape index (κ3) is 1.96. The highest BCUT2D eigenvalue weighted by molar-refractivity contribution is 5.53. The Kier molecular flexibility index (Phi) is 2.76. The number of nitrogens with zero attached hydrogens (tertiary/aromatic N) is 3. The highest BCUT2D eigenvalue weighted by Crippen LogP contribution is 2.27. The summed E-state index contributed by atoms with van der Waals surface area (Å²) in [6, 6.07) is 2.13. The minimum absolute atomic E-state index is 0.192. The van der Waals surface area contributed by atoms with Crippen LogP contribution in [0.15, 0.2) is 0 Å². The zero-order valence-corrected chi connectivity index (χ0v) is 10.00. The molecule has 0 atom stereocenters. The molecule has 4 heteroatoms. The first kappa shape index (κ1) is 11.6. The Labute approximate surface area is 90.7 Å². The molecule has 4 nitrogen and oxygen atoms in total. The Bertz CT molecular complexity index is 401. The fraction of sp³-hybridized carbons (Fsp3) is 0.636. The molecule has 1 aromatic heterocycles. The van der Waals surface area contributed by atoms with Crippen LogP contribution in [0.5, 0.6) is 0 Å². The number of nitriles is 1. The molecule has 1 heterocycles. The van der Waals surface area contributed by atoms with Crippen LogP contribution in [0.2, 0.25) is 0 Å². The molecule has 0 aliphatic carbocycles. The Morgan fingerprint density at radius 3 is 2.20 bits per heavy atom. The van der Waals surface area contributed by atoms with Gasteiger partial charge in [0.2, 0.25) is 0 Å². The number of nitrogen functional groups attached to an aromatic ring is 1. The second-order valence-corrected chi connectivity index (χ2v) is 4.99. The van der Waals surface area contributed by atoms with Crippen LogP contribution in [-0.4, -0.2) is 9.78 Å². The lowest BCUT2D eigenvalue weighted by Crippen LogP contribution is -2.25. The molecule has 0 aliphatic rings. The van der Waals surface area contributed by atoms with Crippen molar-refractivity contribution < 1.29 is 0 Å². The number of aromatic nitrogens is 2. The van der Waals surface area contributed by atoms with Gasteiger partial charge in [0.05, 0.1) is 11.2 Å². The van der Waals surface area contributed by atoms with Gasteiger partial charge in [-0.1, -0.05) is 13.8 Å². The highest BCUT2D eigenvalue weighted by Gasteiger charge is 2.24. The first-order valence-corrected chi connectivity index (χ1v) is 5.08. The van der Waals surface area contributed by atoms with Gasteiger partial charge in [0, 0.05) is 0 Å². The van der Waals surface area contributed by atoms with Crippen LogP contribution < -0.4 is 5.73 Å². The number of anilines is 1. The van der Waals surface area contributed by atoms with Crippen molar-refractivity contribution in [3.63, 3.8) is 0 Å². The van der Waals surface area contributed by atoms with Crippen molar-refractivity contribution in [1.29, 1.82) is 5.26 Å². The fourth-order valence-electron chi connectivity index (χ4n) is 1.48. The first-order chi connectivity index (χ1) is 6.79. The third-order valence-corrected chi connectivity index (χ3v) is 2.24. The summed E-state index contributed by atoms with van der Waals surface area (Å²) in [6.45, 7) is 10.1. The van der Waals surface area contributed by atoms with Crippen LogP contribution in [0.4, 0.5) is 5.82 Å².